The topological polar surface area (TPSA) is 414 Å². The number of aromatic nitrogens is 14. The SMILES string of the molecule is C.C.C1=C2C(c3ccccn3)=NN=C(c3ccccn3)C2CCCCC1.CCCNC(=O)OC1/C=C/CCCCC1.CCCNC(=O)OC1CCCCCC2C(c3ccccn3)=NN=C(c3ccccn3)C12.CCN.N#N.O=C=O.[2H][2H].c1ccc(-c2nnc(-c3ccccn3)c3c2CCCCCC3)nc1.c1ccc(-c2nnc(-c3ccccn3)nn2)nc1. The van der Waals surface area contributed by atoms with Crippen molar-refractivity contribution in [1.82, 2.24) is 81.1 Å². The Morgan fingerprint density at radius 1 is 0.443 bits per heavy atom. The molecule has 16 rings (SSSR count). The third-order valence-corrected chi connectivity index (χ3v) is 19.9. The lowest BCUT2D eigenvalue weighted by atomic mass is 9.72. The molecule has 0 radical (unpaired) electrons. The Morgan fingerprint density at radius 3 is 1.29 bits per heavy atom. The maximum atomic E-state index is 12.5. The Labute approximate surface area is 718 Å². The van der Waals surface area contributed by atoms with Gasteiger partial charge in [0.15, 0.2) is 0 Å². The van der Waals surface area contributed by atoms with Gasteiger partial charge >= 0.3 is 18.3 Å². The summed E-state index contributed by atoms with van der Waals surface area (Å²) in [6.07, 6.45) is 45.3. The number of hydrogen-bond acceptors (Lipinski definition) is 27. The van der Waals surface area contributed by atoms with Crippen LogP contribution in [0.2, 0.25) is 0 Å². The number of ether oxygens (including phenoxy) is 2. The van der Waals surface area contributed by atoms with Crippen LogP contribution in [-0.4, -0.2) is 143 Å². The number of hydrogen-bond donors (Lipinski definition) is 3. The van der Waals surface area contributed by atoms with Crippen molar-refractivity contribution in [3.63, 3.8) is 0 Å². The maximum Gasteiger partial charge on any atom is 0.407 e. The molecule has 29 heteroatoms. The molecule has 5 unspecified atom stereocenters. The number of amides is 2. The predicted molar refractivity (Wildman–Crippen MR) is 474 cm³/mol. The number of nitrogens with one attached hydrogen (secondary N) is 2. The first kappa shape index (κ1) is 94.2. The van der Waals surface area contributed by atoms with Crippen LogP contribution in [0.15, 0.2) is 239 Å². The monoisotopic (exact) mass is 1650 g/mol. The van der Waals surface area contributed by atoms with Crippen LogP contribution in [0.4, 0.5) is 9.59 Å². The summed E-state index contributed by atoms with van der Waals surface area (Å²) in [6.45, 7) is 7.99. The molecule has 6 aliphatic rings. The summed E-state index contributed by atoms with van der Waals surface area (Å²) < 4.78 is 21.3. The minimum atomic E-state index is -0.367. The standard InChI is InChI=1S/C24H29N5O2.2C20H20N4.C12H8N6.C12H21NO2.C2H7N.CO2.2CH4.N2.H2/c1-2-14-27-24(30)31-20-13-5-3-4-10-17-21(20)23(19-12-7-9-16-26-19)29-28-22(17)18-11-6-8-15-25-18;2*1-2-4-10-16-15(9-3-1)19(17-11-5-7-13-21-17)23-24-20(16)18-12-6-8-14-22-18;1-3-7-13-9(5-1)11-15-17-12(18-16-11)10-6-2-4-8-14-10;1-2-10-13-12(14)15-11-8-6-4-3-5-7-9-11;1-2-3;2-1-3;;;1-2;/h6-9,11-12,15-17,20-21H,2-5,10,13-14H2,1H3,(H,27,30);5-8,11-14H,1-4,9-10H2;5-9,11-14,16H,1-4,10H2;1-8H;6,8,11H,2-5,7,9-10H2,1H3,(H,13,14);2-3H2,1H3;;2*1H4;;1H/b;;;;8-6+;;;;;;/i;;;;;;;;;;1+1D. The summed E-state index contributed by atoms with van der Waals surface area (Å²) in [5.74, 6) is 1.01. The second-order valence-electron chi connectivity index (χ2n) is 28.4. The van der Waals surface area contributed by atoms with Gasteiger partial charge in [0, 0.05) is 88.3 Å². The molecule has 0 spiro atoms. The van der Waals surface area contributed by atoms with E-state index in [0.717, 1.165) is 165 Å². The van der Waals surface area contributed by atoms with Crippen molar-refractivity contribution in [3.8, 4) is 45.8 Å². The van der Waals surface area contributed by atoms with Gasteiger partial charge in [-0.3, -0.25) is 39.9 Å². The van der Waals surface area contributed by atoms with Gasteiger partial charge in [-0.15, -0.1) is 35.7 Å². The van der Waals surface area contributed by atoms with E-state index in [0.29, 0.717) is 36.1 Å². The summed E-state index contributed by atoms with van der Waals surface area (Å²) in [6, 6.07) is 46.4. The Bertz CT molecular complexity index is 4810. The molecular weight excluding hydrogens is 1540 g/mol. The van der Waals surface area contributed by atoms with Gasteiger partial charge in [-0.25, -0.2) is 9.59 Å². The average molecular weight is 1650 g/mol. The van der Waals surface area contributed by atoms with Gasteiger partial charge in [-0.1, -0.05) is 141 Å². The number of pyridine rings is 8. The number of nitrogens with two attached hydrogens (primary N) is 1. The number of fused-ring (bicyclic) bond motifs is 3. The summed E-state index contributed by atoms with van der Waals surface area (Å²) in [4.78, 5) is 75.4. The van der Waals surface area contributed by atoms with Crippen molar-refractivity contribution in [2.75, 3.05) is 19.6 Å². The molecule has 1 saturated carbocycles. The molecule has 12 heterocycles. The number of carbonyl (C=O) groups excluding carboxylic acids is 4. The molecule has 1 fully saturated rings. The first-order chi connectivity index (χ1) is 60.2. The molecule has 29 nitrogen and oxygen atoms in total. The van der Waals surface area contributed by atoms with Crippen LogP contribution in [0, 0.1) is 28.5 Å². The zero-order chi connectivity index (χ0) is 86.4. The van der Waals surface area contributed by atoms with Crippen LogP contribution in [-0.2, 0) is 31.9 Å². The molecule has 5 atom stereocenters. The minimum absolute atomic E-state index is 0. The normalized spacial score (nSPS) is 17.6. The van der Waals surface area contributed by atoms with Crippen molar-refractivity contribution in [3.05, 3.63) is 253 Å². The molecule has 638 valence electrons. The second kappa shape index (κ2) is 55.4. The van der Waals surface area contributed by atoms with E-state index in [2.05, 4.69) is 114 Å². The first-order valence-electron chi connectivity index (χ1n) is 42.5. The second-order valence-corrected chi connectivity index (χ2v) is 28.4. The molecule has 2 aliphatic heterocycles. The van der Waals surface area contributed by atoms with Gasteiger partial charge in [-0.05, 0) is 229 Å². The molecule has 2 amide bonds. The lowest BCUT2D eigenvalue weighted by Crippen LogP contribution is -2.45. The van der Waals surface area contributed by atoms with Crippen molar-refractivity contribution >= 4 is 41.2 Å². The van der Waals surface area contributed by atoms with Crippen LogP contribution in [0.1, 0.15) is 207 Å². The van der Waals surface area contributed by atoms with Crippen molar-refractivity contribution < 1.29 is 31.6 Å². The summed E-state index contributed by atoms with van der Waals surface area (Å²) >= 11 is 0. The molecule has 10 aromatic rings. The van der Waals surface area contributed by atoms with Gasteiger partial charge in [0.25, 0.3) is 0 Å². The number of alkyl carbamates (subject to hydrolysis) is 2. The summed E-state index contributed by atoms with van der Waals surface area (Å²) in [5.41, 5.74) is 20.7. The molecule has 4 N–H and O–H groups in total. The Morgan fingerprint density at radius 2 is 0.820 bits per heavy atom. The lowest BCUT2D eigenvalue weighted by Gasteiger charge is -2.37. The van der Waals surface area contributed by atoms with Gasteiger partial charge in [0.05, 0.1) is 57.2 Å². The van der Waals surface area contributed by atoms with E-state index in [1.807, 2.05) is 185 Å². The molecule has 4 aliphatic carbocycles. The van der Waals surface area contributed by atoms with E-state index >= 15 is 0 Å². The van der Waals surface area contributed by atoms with Crippen LogP contribution in [0.3, 0.4) is 0 Å². The van der Waals surface area contributed by atoms with Crippen LogP contribution < -0.4 is 16.4 Å². The third kappa shape index (κ3) is 29.9. The average Bonchev–Trinajstić information content (AvgIpc) is 0.765. The van der Waals surface area contributed by atoms with Gasteiger partial charge in [0.1, 0.15) is 40.7 Å². The number of allylic oxidation sites excluding steroid dienone is 3. The Kier molecular flexibility index (Phi) is 42.8. The number of rotatable bonds is 14. The maximum absolute atomic E-state index is 12.5. The van der Waals surface area contributed by atoms with Gasteiger partial charge in [-0.2, -0.15) is 24.9 Å². The zero-order valence-electron chi connectivity index (χ0n) is 70.4. The zero-order valence-corrected chi connectivity index (χ0v) is 68.4. The number of carbonyl (C=O) groups is 2. The van der Waals surface area contributed by atoms with E-state index in [4.69, 9.17) is 38.6 Å². The molecule has 0 aromatic carbocycles. The van der Waals surface area contributed by atoms with E-state index in [1.54, 1.807) is 36.9 Å². The molecule has 10 aromatic heterocycles. The minimum Gasteiger partial charge on any atom is -0.446 e. The largest absolute Gasteiger partial charge is 0.446 e. The number of nitrogens with zero attached hydrogens (tertiary/aromatic N) is 20. The summed E-state index contributed by atoms with van der Waals surface area (Å²) in [5, 5.41) is 61.1. The van der Waals surface area contributed by atoms with Gasteiger partial charge < -0.3 is 25.8 Å². The van der Waals surface area contributed by atoms with E-state index < -0.39 is 0 Å². The molecule has 0 bridgehead atoms. The van der Waals surface area contributed by atoms with Gasteiger partial charge in [0.2, 0.25) is 11.6 Å². The van der Waals surface area contributed by atoms with E-state index in [-0.39, 0.29) is 63.2 Å². The fraction of sp³-hybridized carbons (Fsp3) is 0.387. The third-order valence-electron chi connectivity index (χ3n) is 19.9. The summed E-state index contributed by atoms with van der Waals surface area (Å²) in [7, 11) is 0. The Hall–Kier alpha value is -13.3. The highest BCUT2D eigenvalue weighted by molar-refractivity contribution is 6.19. The van der Waals surface area contributed by atoms with Crippen molar-refractivity contribution in [2.24, 2.45) is 43.9 Å². The molecule has 122 heavy (non-hydrogen) atoms. The quantitative estimate of drug-likeness (QED) is 0.0672. The first-order valence-corrected chi connectivity index (χ1v) is 41.5. The fourth-order valence-corrected chi connectivity index (χ4v) is 14.4. The smallest absolute Gasteiger partial charge is 0.407 e. The van der Waals surface area contributed by atoms with Crippen LogP contribution in [0.5, 0.6) is 0 Å². The van der Waals surface area contributed by atoms with Crippen LogP contribution in [0.25, 0.3) is 45.8 Å². The highest BCUT2D eigenvalue weighted by Gasteiger charge is 2.43. The highest BCUT2D eigenvalue weighted by atomic mass is 16.6. The molecular formula is C93H115N23O6. The fourth-order valence-electron chi connectivity index (χ4n) is 14.4. The molecule has 0 saturated heterocycles. The van der Waals surface area contributed by atoms with E-state index in [1.165, 1.54) is 74.5 Å². The predicted octanol–water partition coefficient (Wildman–Crippen LogP) is 18.2. The van der Waals surface area contributed by atoms with E-state index in [9.17, 15) is 9.59 Å². The van der Waals surface area contributed by atoms with Crippen LogP contribution >= 0.6 is 0 Å². The lowest BCUT2D eigenvalue weighted by molar-refractivity contribution is -0.191. The van der Waals surface area contributed by atoms with Crippen molar-refractivity contribution in [1.29, 1.82) is 10.8 Å². The van der Waals surface area contributed by atoms with Crippen molar-refractivity contribution in [2.45, 2.75) is 196 Å². The Balaban J connectivity index is 0.000000236. The highest BCUT2D eigenvalue weighted by Crippen LogP contribution is 2.39.